The number of imidazole rings is 1. The van der Waals surface area contributed by atoms with Crippen LogP contribution in [0.1, 0.15) is 51.2 Å². The number of aromatic nitrogens is 2. The molecule has 1 fully saturated rings. The highest BCUT2D eigenvalue weighted by Gasteiger charge is 2.33. The smallest absolute Gasteiger partial charge is 0.310 e. The molecule has 0 amide bonds. The number of anilines is 1. The molecule has 5 heterocycles. The average molecular weight is 598 g/mol. The molecule has 2 aromatic heterocycles. The van der Waals surface area contributed by atoms with E-state index in [0.29, 0.717) is 25.4 Å². The highest BCUT2D eigenvalue weighted by Crippen LogP contribution is 2.38. The Bertz CT molecular complexity index is 1700. The van der Waals surface area contributed by atoms with E-state index in [0.717, 1.165) is 70.8 Å². The fourth-order valence-corrected chi connectivity index (χ4v) is 6.22. The van der Waals surface area contributed by atoms with Crippen LogP contribution < -0.4 is 9.64 Å². The van der Waals surface area contributed by atoms with E-state index in [9.17, 15) is 9.18 Å². The summed E-state index contributed by atoms with van der Waals surface area (Å²) in [6.07, 6.45) is 10.6. The standard InChI is InChI=1S/C36H40FN3O4/c1-5-42-33(41)21-30-24(2)22-40-23-31-27-11-8-10-26(19-27)29-13-12-28(37)20-32(29)44-25(3)9-6-7-18-43-36(4)14-16-39(17-15-36)34(30)35(40)38-31/h6-8,10-13,19-20,22-23,25H,5,9,14-18,21H2,1-4H3/b7-6+/t25-/m0/s1. The van der Waals surface area contributed by atoms with E-state index in [-0.39, 0.29) is 29.9 Å². The molecule has 0 N–H and O–H groups in total. The van der Waals surface area contributed by atoms with Crippen LogP contribution in [0, 0.1) is 12.7 Å². The number of esters is 1. The Morgan fingerprint density at radius 1 is 1.11 bits per heavy atom. The lowest BCUT2D eigenvalue weighted by Gasteiger charge is -2.41. The van der Waals surface area contributed by atoms with Crippen molar-refractivity contribution in [3.05, 3.63) is 84.0 Å². The average Bonchev–Trinajstić information content (AvgIpc) is 3.41. The van der Waals surface area contributed by atoms with Crippen molar-refractivity contribution in [2.45, 2.75) is 65.1 Å². The molecule has 44 heavy (non-hydrogen) atoms. The summed E-state index contributed by atoms with van der Waals surface area (Å²) in [7, 11) is 0. The Balaban J connectivity index is 1.50. The molecule has 3 aliphatic rings. The molecule has 3 aliphatic heterocycles. The maximum absolute atomic E-state index is 14.4. The predicted molar refractivity (Wildman–Crippen MR) is 171 cm³/mol. The molecule has 4 aromatic rings. The molecule has 0 radical (unpaired) electrons. The summed E-state index contributed by atoms with van der Waals surface area (Å²) in [4.78, 5) is 20.3. The first-order valence-electron chi connectivity index (χ1n) is 15.5. The molecule has 7 rings (SSSR count). The van der Waals surface area contributed by atoms with Crippen LogP contribution in [-0.4, -0.2) is 53.4 Å². The Morgan fingerprint density at radius 3 is 2.70 bits per heavy atom. The van der Waals surface area contributed by atoms with Crippen molar-refractivity contribution in [1.29, 1.82) is 0 Å². The predicted octanol–water partition coefficient (Wildman–Crippen LogP) is 7.32. The Morgan fingerprint density at radius 2 is 1.91 bits per heavy atom. The van der Waals surface area contributed by atoms with Crippen LogP contribution in [0.5, 0.6) is 5.75 Å². The zero-order valence-electron chi connectivity index (χ0n) is 25.9. The summed E-state index contributed by atoms with van der Waals surface area (Å²) in [6.45, 7) is 10.4. The fraction of sp³-hybridized carbons (Fsp3) is 0.389. The molecular weight excluding hydrogens is 557 g/mol. The molecule has 7 nitrogen and oxygen atoms in total. The zero-order valence-corrected chi connectivity index (χ0v) is 25.9. The summed E-state index contributed by atoms with van der Waals surface area (Å²) >= 11 is 0. The van der Waals surface area contributed by atoms with Crippen LogP contribution in [0.25, 0.3) is 28.0 Å². The van der Waals surface area contributed by atoms with Gasteiger partial charge in [-0.05, 0) is 75.4 Å². The van der Waals surface area contributed by atoms with Crippen LogP contribution in [0.3, 0.4) is 0 Å². The van der Waals surface area contributed by atoms with Gasteiger partial charge in [0.15, 0.2) is 5.65 Å². The molecule has 8 heteroatoms. The first-order chi connectivity index (χ1) is 21.2. The lowest BCUT2D eigenvalue weighted by atomic mass is 9.92. The Hall–Kier alpha value is -4.17. The van der Waals surface area contributed by atoms with Gasteiger partial charge in [-0.15, -0.1) is 0 Å². The second-order valence-electron chi connectivity index (χ2n) is 12.1. The van der Waals surface area contributed by atoms with Gasteiger partial charge >= 0.3 is 5.97 Å². The summed E-state index contributed by atoms with van der Waals surface area (Å²) < 4.78 is 34.5. The van der Waals surface area contributed by atoms with Crippen molar-refractivity contribution in [1.82, 2.24) is 9.38 Å². The van der Waals surface area contributed by atoms with Crippen molar-refractivity contribution in [2.24, 2.45) is 0 Å². The largest absolute Gasteiger partial charge is 0.490 e. The first-order valence-corrected chi connectivity index (χ1v) is 15.5. The van der Waals surface area contributed by atoms with Crippen molar-refractivity contribution >= 4 is 17.3 Å². The topological polar surface area (TPSA) is 65.3 Å². The number of piperidine rings is 1. The lowest BCUT2D eigenvalue weighted by Crippen LogP contribution is -2.45. The quantitative estimate of drug-likeness (QED) is 0.182. The lowest BCUT2D eigenvalue weighted by molar-refractivity contribution is -0.142. The third kappa shape index (κ3) is 6.22. The van der Waals surface area contributed by atoms with Gasteiger partial charge < -0.3 is 23.5 Å². The van der Waals surface area contributed by atoms with Crippen LogP contribution >= 0.6 is 0 Å². The third-order valence-electron chi connectivity index (χ3n) is 8.71. The molecule has 0 spiro atoms. The first kappa shape index (κ1) is 29.9. The second-order valence-corrected chi connectivity index (χ2v) is 12.1. The van der Waals surface area contributed by atoms with E-state index in [1.165, 1.54) is 12.1 Å². The van der Waals surface area contributed by atoms with E-state index in [1.54, 1.807) is 6.07 Å². The molecule has 1 saturated heterocycles. The summed E-state index contributed by atoms with van der Waals surface area (Å²) in [6, 6.07) is 12.8. The molecule has 0 saturated carbocycles. The molecular formula is C36H40FN3O4. The summed E-state index contributed by atoms with van der Waals surface area (Å²) in [5.74, 6) is -0.0840. The summed E-state index contributed by atoms with van der Waals surface area (Å²) in [5, 5.41) is 0. The number of hydrogen-bond donors (Lipinski definition) is 0. The third-order valence-corrected chi connectivity index (χ3v) is 8.71. The number of aryl methyl sites for hydroxylation is 1. The number of carbonyl (C=O) groups is 1. The zero-order chi connectivity index (χ0) is 30.8. The Labute approximate surface area is 258 Å². The van der Waals surface area contributed by atoms with Gasteiger partial charge in [-0.2, -0.15) is 0 Å². The number of pyridine rings is 1. The van der Waals surface area contributed by atoms with E-state index >= 15 is 0 Å². The van der Waals surface area contributed by atoms with Crippen LogP contribution in [0.2, 0.25) is 0 Å². The van der Waals surface area contributed by atoms with E-state index in [1.807, 2.05) is 57.4 Å². The molecule has 1 atom stereocenters. The van der Waals surface area contributed by atoms with Crippen molar-refractivity contribution < 1.29 is 23.4 Å². The normalized spacial score (nSPS) is 21.1. The van der Waals surface area contributed by atoms with E-state index in [4.69, 9.17) is 19.2 Å². The van der Waals surface area contributed by atoms with Gasteiger partial charge in [-0.3, -0.25) is 4.79 Å². The van der Waals surface area contributed by atoms with Crippen molar-refractivity contribution in [3.8, 4) is 28.1 Å². The Kier molecular flexibility index (Phi) is 8.45. The number of benzene rings is 2. The van der Waals surface area contributed by atoms with Gasteiger partial charge in [0.1, 0.15) is 11.6 Å². The van der Waals surface area contributed by atoms with E-state index < -0.39 is 0 Å². The van der Waals surface area contributed by atoms with Crippen LogP contribution in [0.4, 0.5) is 10.1 Å². The van der Waals surface area contributed by atoms with Gasteiger partial charge in [-0.1, -0.05) is 30.4 Å². The molecule has 0 unspecified atom stereocenters. The monoisotopic (exact) mass is 597 g/mol. The summed E-state index contributed by atoms with van der Waals surface area (Å²) in [5.41, 5.74) is 6.93. The number of halogens is 1. The molecule has 0 aliphatic carbocycles. The van der Waals surface area contributed by atoms with Crippen molar-refractivity contribution in [3.63, 3.8) is 0 Å². The minimum atomic E-state index is -0.342. The SMILES string of the molecule is CCOC(=O)Cc1c(C)cn2cc3nc2c1N1CCC(C)(CC1)OC/C=C/C[C@H](C)Oc1cc(F)ccc1-c1cccc-3c1. The second kappa shape index (κ2) is 12.4. The minimum absolute atomic E-state index is 0.150. The van der Waals surface area contributed by atoms with E-state index in [2.05, 4.69) is 28.4 Å². The molecule has 230 valence electrons. The maximum Gasteiger partial charge on any atom is 0.310 e. The van der Waals surface area contributed by atoms with Gasteiger partial charge in [0, 0.05) is 49.1 Å². The number of rotatable bonds is 3. The number of hydrogen-bond acceptors (Lipinski definition) is 6. The molecule has 2 aromatic carbocycles. The highest BCUT2D eigenvalue weighted by molar-refractivity contribution is 5.84. The number of ether oxygens (including phenoxy) is 3. The van der Waals surface area contributed by atoms with Gasteiger partial charge in [0.25, 0.3) is 0 Å². The van der Waals surface area contributed by atoms with Crippen molar-refractivity contribution in [2.75, 3.05) is 31.2 Å². The fourth-order valence-electron chi connectivity index (χ4n) is 6.22. The van der Waals surface area contributed by atoms with Gasteiger partial charge in [0.05, 0.1) is 42.7 Å². The highest BCUT2D eigenvalue weighted by atomic mass is 19.1. The number of carbonyl (C=O) groups excluding carboxylic acids is 1. The number of nitrogens with zero attached hydrogens (tertiary/aromatic N) is 3. The maximum atomic E-state index is 14.4. The van der Waals surface area contributed by atoms with Crippen LogP contribution in [-0.2, 0) is 20.7 Å². The van der Waals surface area contributed by atoms with Gasteiger partial charge in [-0.25, -0.2) is 9.37 Å². The number of fused-ring (bicyclic) bond motifs is 7. The molecule has 6 bridgehead atoms. The van der Waals surface area contributed by atoms with Gasteiger partial charge in [0.2, 0.25) is 0 Å². The van der Waals surface area contributed by atoms with Crippen LogP contribution in [0.15, 0.2) is 67.0 Å². The minimum Gasteiger partial charge on any atom is -0.490 e.